The van der Waals surface area contributed by atoms with Crippen molar-refractivity contribution in [2.45, 2.75) is 39.7 Å². The van der Waals surface area contributed by atoms with E-state index >= 15 is 0 Å². The Labute approximate surface area is 104 Å². The molecule has 0 radical (unpaired) electrons. The van der Waals surface area contributed by atoms with Gasteiger partial charge in [0.2, 0.25) is 0 Å². The summed E-state index contributed by atoms with van der Waals surface area (Å²) in [5.41, 5.74) is 2.85. The Morgan fingerprint density at radius 3 is 2.94 bits per heavy atom. The maximum atomic E-state index is 5.91. The topological polar surface area (TPSA) is 21.3 Å². The molecule has 2 heteroatoms. The van der Waals surface area contributed by atoms with Crippen molar-refractivity contribution in [1.29, 1.82) is 0 Å². The first-order chi connectivity index (χ1) is 8.22. The van der Waals surface area contributed by atoms with Gasteiger partial charge in [-0.3, -0.25) is 0 Å². The molecule has 0 spiro atoms. The number of nitrogens with one attached hydrogen (secondary N) is 1. The van der Waals surface area contributed by atoms with E-state index in [2.05, 4.69) is 44.3 Å². The van der Waals surface area contributed by atoms with E-state index in [1.54, 1.807) is 0 Å². The van der Waals surface area contributed by atoms with Crippen molar-refractivity contribution >= 4 is 0 Å². The first-order valence-corrected chi connectivity index (χ1v) is 6.70. The van der Waals surface area contributed by atoms with E-state index in [0.29, 0.717) is 12.0 Å². The normalized spacial score (nSPS) is 18.5. The van der Waals surface area contributed by atoms with Crippen LogP contribution in [0.3, 0.4) is 0 Å². The minimum Gasteiger partial charge on any atom is -0.493 e. The number of hydrogen-bond acceptors (Lipinski definition) is 2. The molecular weight excluding hydrogens is 210 g/mol. The molecule has 0 amide bonds. The molecule has 1 N–H and O–H groups in total. The van der Waals surface area contributed by atoms with Crippen LogP contribution in [0.1, 0.15) is 44.4 Å². The molecule has 0 aromatic heterocycles. The van der Waals surface area contributed by atoms with Crippen LogP contribution in [-0.2, 0) is 6.42 Å². The third kappa shape index (κ3) is 2.81. The quantitative estimate of drug-likeness (QED) is 0.842. The highest BCUT2D eigenvalue weighted by molar-refractivity contribution is 5.45. The van der Waals surface area contributed by atoms with Crippen LogP contribution in [0.5, 0.6) is 5.75 Å². The van der Waals surface area contributed by atoms with Gasteiger partial charge in [-0.05, 0) is 42.5 Å². The molecule has 2 nitrogen and oxygen atoms in total. The van der Waals surface area contributed by atoms with Crippen molar-refractivity contribution in [3.8, 4) is 5.75 Å². The fraction of sp³-hybridized carbons (Fsp3) is 0.600. The number of benzene rings is 1. The molecule has 17 heavy (non-hydrogen) atoms. The highest BCUT2D eigenvalue weighted by Gasteiger charge is 2.24. The largest absolute Gasteiger partial charge is 0.493 e. The van der Waals surface area contributed by atoms with Gasteiger partial charge in [-0.1, -0.05) is 32.9 Å². The lowest BCUT2D eigenvalue weighted by atomic mass is 10.1. The SMILES string of the molecule is CCNC1CCc2c(OCC(C)C)cccc21. The number of hydrogen-bond donors (Lipinski definition) is 1. The lowest BCUT2D eigenvalue weighted by molar-refractivity contribution is 0.269. The van der Waals surface area contributed by atoms with E-state index < -0.39 is 0 Å². The second-order valence-corrected chi connectivity index (χ2v) is 5.18. The maximum Gasteiger partial charge on any atom is 0.122 e. The van der Waals surface area contributed by atoms with E-state index in [1.165, 1.54) is 17.5 Å². The Kier molecular flexibility index (Phi) is 4.06. The molecule has 1 aromatic carbocycles. The van der Waals surface area contributed by atoms with E-state index in [4.69, 9.17) is 4.74 Å². The summed E-state index contributed by atoms with van der Waals surface area (Å²) in [6.45, 7) is 8.37. The summed E-state index contributed by atoms with van der Waals surface area (Å²) in [5.74, 6) is 1.67. The van der Waals surface area contributed by atoms with Crippen LogP contribution < -0.4 is 10.1 Å². The molecule has 0 fully saturated rings. The third-order valence-electron chi connectivity index (χ3n) is 3.25. The molecule has 0 heterocycles. The van der Waals surface area contributed by atoms with Crippen LogP contribution in [-0.4, -0.2) is 13.2 Å². The van der Waals surface area contributed by atoms with E-state index in [9.17, 15) is 0 Å². The molecule has 1 aliphatic rings. The molecule has 0 saturated carbocycles. The zero-order valence-electron chi connectivity index (χ0n) is 11.1. The Balaban J connectivity index is 2.15. The van der Waals surface area contributed by atoms with Crippen molar-refractivity contribution in [3.05, 3.63) is 29.3 Å². The van der Waals surface area contributed by atoms with Crippen molar-refractivity contribution in [2.75, 3.05) is 13.2 Å². The molecule has 2 rings (SSSR count). The van der Waals surface area contributed by atoms with Crippen LogP contribution in [0.4, 0.5) is 0 Å². The summed E-state index contributed by atoms with van der Waals surface area (Å²) >= 11 is 0. The predicted molar refractivity (Wildman–Crippen MR) is 71.5 cm³/mol. The highest BCUT2D eigenvalue weighted by atomic mass is 16.5. The summed E-state index contributed by atoms with van der Waals surface area (Å²) < 4.78 is 5.91. The van der Waals surface area contributed by atoms with E-state index in [-0.39, 0.29) is 0 Å². The summed E-state index contributed by atoms with van der Waals surface area (Å²) in [4.78, 5) is 0. The molecule has 0 saturated heterocycles. The molecule has 1 aromatic rings. The van der Waals surface area contributed by atoms with Crippen LogP contribution in [0.2, 0.25) is 0 Å². The Morgan fingerprint density at radius 2 is 2.24 bits per heavy atom. The second-order valence-electron chi connectivity index (χ2n) is 5.18. The Bertz CT molecular complexity index is 373. The van der Waals surface area contributed by atoms with Gasteiger partial charge in [0.1, 0.15) is 5.75 Å². The molecular formula is C15H23NO. The monoisotopic (exact) mass is 233 g/mol. The zero-order valence-corrected chi connectivity index (χ0v) is 11.1. The average Bonchev–Trinajstić information content (AvgIpc) is 2.71. The molecule has 1 unspecified atom stereocenters. The standard InChI is InChI=1S/C15H23NO/c1-4-16-14-9-8-13-12(14)6-5-7-15(13)17-10-11(2)3/h5-7,11,14,16H,4,8-10H2,1-3H3. The van der Waals surface area contributed by atoms with Gasteiger partial charge in [-0.25, -0.2) is 0 Å². The summed E-state index contributed by atoms with van der Waals surface area (Å²) in [6, 6.07) is 6.98. The molecule has 0 bridgehead atoms. The smallest absolute Gasteiger partial charge is 0.122 e. The van der Waals surface area contributed by atoms with Crippen LogP contribution >= 0.6 is 0 Å². The van der Waals surface area contributed by atoms with E-state index in [0.717, 1.165) is 25.3 Å². The van der Waals surface area contributed by atoms with Crippen molar-refractivity contribution in [2.24, 2.45) is 5.92 Å². The van der Waals surface area contributed by atoms with Crippen molar-refractivity contribution in [1.82, 2.24) is 5.32 Å². The first-order valence-electron chi connectivity index (χ1n) is 6.70. The van der Waals surface area contributed by atoms with Gasteiger partial charge in [0.05, 0.1) is 6.61 Å². The zero-order chi connectivity index (χ0) is 12.3. The van der Waals surface area contributed by atoms with Crippen molar-refractivity contribution < 1.29 is 4.74 Å². The minimum absolute atomic E-state index is 0.526. The minimum atomic E-state index is 0.526. The van der Waals surface area contributed by atoms with Gasteiger partial charge in [0.25, 0.3) is 0 Å². The van der Waals surface area contributed by atoms with Crippen LogP contribution in [0.15, 0.2) is 18.2 Å². The van der Waals surface area contributed by atoms with Crippen LogP contribution in [0, 0.1) is 5.92 Å². The second kappa shape index (κ2) is 5.54. The summed E-state index contributed by atoms with van der Waals surface area (Å²) in [5, 5.41) is 3.54. The van der Waals surface area contributed by atoms with Gasteiger partial charge in [-0.2, -0.15) is 0 Å². The van der Waals surface area contributed by atoms with Gasteiger partial charge in [-0.15, -0.1) is 0 Å². The third-order valence-corrected chi connectivity index (χ3v) is 3.25. The fourth-order valence-electron chi connectivity index (χ4n) is 2.47. The number of ether oxygens (including phenoxy) is 1. The first kappa shape index (κ1) is 12.4. The van der Waals surface area contributed by atoms with Gasteiger partial charge >= 0.3 is 0 Å². The van der Waals surface area contributed by atoms with Gasteiger partial charge < -0.3 is 10.1 Å². The number of fused-ring (bicyclic) bond motifs is 1. The van der Waals surface area contributed by atoms with Crippen LogP contribution in [0.25, 0.3) is 0 Å². The van der Waals surface area contributed by atoms with Gasteiger partial charge in [0, 0.05) is 6.04 Å². The predicted octanol–water partition coefficient (Wildman–Crippen LogP) is 3.32. The van der Waals surface area contributed by atoms with Crippen molar-refractivity contribution in [3.63, 3.8) is 0 Å². The maximum absolute atomic E-state index is 5.91. The lowest BCUT2D eigenvalue weighted by Gasteiger charge is -2.15. The average molecular weight is 233 g/mol. The molecule has 1 atom stereocenters. The fourth-order valence-corrected chi connectivity index (χ4v) is 2.47. The summed E-state index contributed by atoms with van der Waals surface area (Å²) in [7, 11) is 0. The molecule has 94 valence electrons. The molecule has 1 aliphatic carbocycles. The molecule has 0 aliphatic heterocycles. The van der Waals surface area contributed by atoms with E-state index in [1.807, 2.05) is 0 Å². The highest BCUT2D eigenvalue weighted by Crippen LogP contribution is 2.36. The Morgan fingerprint density at radius 1 is 1.41 bits per heavy atom. The number of rotatable bonds is 5. The Hall–Kier alpha value is -1.02. The summed E-state index contributed by atoms with van der Waals surface area (Å²) in [6.07, 6.45) is 2.34. The van der Waals surface area contributed by atoms with Gasteiger partial charge in [0.15, 0.2) is 0 Å². The lowest BCUT2D eigenvalue weighted by Crippen LogP contribution is -2.18.